The molecule has 0 unspecified atom stereocenters. The van der Waals surface area contributed by atoms with Crippen LogP contribution in [0.4, 0.5) is 5.82 Å². The van der Waals surface area contributed by atoms with Gasteiger partial charge in [0, 0.05) is 54.3 Å². The number of nitrogens with zero attached hydrogens (tertiary/aromatic N) is 7. The summed E-state index contributed by atoms with van der Waals surface area (Å²) in [4.78, 5) is 22.1. The summed E-state index contributed by atoms with van der Waals surface area (Å²) in [5.41, 5.74) is 2.95. The molecule has 4 heterocycles. The van der Waals surface area contributed by atoms with Crippen LogP contribution in [-0.4, -0.2) is 49.1 Å². The molecule has 0 radical (unpaired) electrons. The molecule has 1 aromatic carbocycles. The molecule has 4 aromatic rings. The third kappa shape index (κ3) is 3.63. The number of hydrogen-bond donors (Lipinski definition) is 0. The third-order valence-electron chi connectivity index (χ3n) is 5.66. The van der Waals surface area contributed by atoms with Crippen molar-refractivity contribution in [3.8, 4) is 11.3 Å². The highest BCUT2D eigenvalue weighted by atomic mass is 32.2. The summed E-state index contributed by atoms with van der Waals surface area (Å²) in [6.45, 7) is 1.86. The Morgan fingerprint density at radius 3 is 2.70 bits per heavy atom. The second-order valence-corrected chi connectivity index (χ2v) is 8.42. The molecule has 30 heavy (non-hydrogen) atoms. The Morgan fingerprint density at radius 1 is 1.07 bits per heavy atom. The predicted molar refractivity (Wildman–Crippen MR) is 120 cm³/mol. The molecule has 0 N–H and O–H groups in total. The van der Waals surface area contributed by atoms with E-state index in [4.69, 9.17) is 4.98 Å². The largest absolute Gasteiger partial charge is 0.356 e. The topological polar surface area (TPSA) is 72.6 Å². The number of anilines is 1. The van der Waals surface area contributed by atoms with Gasteiger partial charge in [0.1, 0.15) is 18.0 Å². The summed E-state index contributed by atoms with van der Waals surface area (Å²) in [5.74, 6) is 2.31. The number of fused-ring (bicyclic) bond motifs is 1. The Balaban J connectivity index is 1.35. The van der Waals surface area contributed by atoms with Gasteiger partial charge >= 0.3 is 0 Å². The number of aryl methyl sites for hydroxylation is 1. The average molecular weight is 418 g/mol. The molecule has 1 aliphatic rings. The Kier molecular flexibility index (Phi) is 5.08. The molecular weight excluding hydrogens is 394 g/mol. The predicted octanol–water partition coefficient (Wildman–Crippen LogP) is 3.93. The first-order valence-corrected chi connectivity index (χ1v) is 11.3. The summed E-state index contributed by atoms with van der Waals surface area (Å²) in [6, 6.07) is 8.34. The third-order valence-corrected chi connectivity index (χ3v) is 6.38. The molecule has 0 saturated carbocycles. The van der Waals surface area contributed by atoms with Gasteiger partial charge in [0.15, 0.2) is 0 Å². The van der Waals surface area contributed by atoms with Crippen LogP contribution in [-0.2, 0) is 7.05 Å². The molecule has 0 spiro atoms. The minimum atomic E-state index is 0.354. The summed E-state index contributed by atoms with van der Waals surface area (Å²) in [7, 11) is 1.92. The zero-order valence-corrected chi connectivity index (χ0v) is 17.9. The van der Waals surface area contributed by atoms with Crippen LogP contribution in [0, 0.1) is 0 Å². The summed E-state index contributed by atoms with van der Waals surface area (Å²) in [5, 5.41) is 5.37. The highest BCUT2D eigenvalue weighted by molar-refractivity contribution is 7.98. The van der Waals surface area contributed by atoms with Crippen molar-refractivity contribution < 1.29 is 0 Å². The number of hydrogen-bond acceptors (Lipinski definition) is 7. The van der Waals surface area contributed by atoms with Gasteiger partial charge in [-0.1, -0.05) is 0 Å². The standard InChI is InChI=1S/C22H23N7S/c1-28-13-16(12-26-28)19-5-8-23-21(27-19)15-6-9-29(10-7-15)22-18-11-17(30-2)3-4-20(18)24-14-25-22/h3-5,8,11-15H,6-7,9-10H2,1-2H3. The van der Waals surface area contributed by atoms with Crippen LogP contribution in [0.5, 0.6) is 0 Å². The van der Waals surface area contributed by atoms with E-state index in [2.05, 4.69) is 49.4 Å². The lowest BCUT2D eigenvalue weighted by atomic mass is 9.95. The maximum Gasteiger partial charge on any atom is 0.139 e. The molecule has 1 fully saturated rings. The van der Waals surface area contributed by atoms with E-state index in [-0.39, 0.29) is 0 Å². The van der Waals surface area contributed by atoms with E-state index in [1.54, 1.807) is 22.8 Å². The number of rotatable bonds is 4. The van der Waals surface area contributed by atoms with E-state index < -0.39 is 0 Å². The molecule has 1 saturated heterocycles. The zero-order chi connectivity index (χ0) is 20.5. The van der Waals surface area contributed by atoms with Crippen molar-refractivity contribution in [2.75, 3.05) is 24.2 Å². The molecule has 0 amide bonds. The quantitative estimate of drug-likeness (QED) is 0.466. The molecule has 5 rings (SSSR count). The van der Waals surface area contributed by atoms with Crippen LogP contribution < -0.4 is 4.90 Å². The van der Waals surface area contributed by atoms with Crippen LogP contribution in [0.1, 0.15) is 24.6 Å². The lowest BCUT2D eigenvalue weighted by Crippen LogP contribution is -2.34. The van der Waals surface area contributed by atoms with Crippen LogP contribution in [0.3, 0.4) is 0 Å². The molecular formula is C22H23N7S. The van der Waals surface area contributed by atoms with Crippen LogP contribution in [0.2, 0.25) is 0 Å². The fourth-order valence-electron chi connectivity index (χ4n) is 4.04. The maximum absolute atomic E-state index is 4.84. The summed E-state index contributed by atoms with van der Waals surface area (Å²) < 4.78 is 1.80. The number of aromatic nitrogens is 6. The fraction of sp³-hybridized carbons (Fsp3) is 0.318. The normalized spacial score (nSPS) is 15.1. The van der Waals surface area contributed by atoms with Crippen molar-refractivity contribution in [2.45, 2.75) is 23.7 Å². The molecule has 0 aliphatic carbocycles. The van der Waals surface area contributed by atoms with Gasteiger partial charge in [0.2, 0.25) is 0 Å². The highest BCUT2D eigenvalue weighted by Gasteiger charge is 2.25. The van der Waals surface area contributed by atoms with Gasteiger partial charge in [-0.25, -0.2) is 19.9 Å². The first-order valence-electron chi connectivity index (χ1n) is 10.1. The number of benzene rings is 1. The van der Waals surface area contributed by atoms with E-state index in [1.807, 2.05) is 31.7 Å². The molecule has 152 valence electrons. The molecule has 0 atom stereocenters. The number of piperidine rings is 1. The second-order valence-electron chi connectivity index (χ2n) is 7.54. The average Bonchev–Trinajstić information content (AvgIpc) is 3.25. The molecule has 0 bridgehead atoms. The van der Waals surface area contributed by atoms with E-state index in [9.17, 15) is 0 Å². The lowest BCUT2D eigenvalue weighted by Gasteiger charge is -2.32. The van der Waals surface area contributed by atoms with E-state index in [1.165, 1.54) is 4.90 Å². The van der Waals surface area contributed by atoms with Crippen LogP contribution in [0.15, 0.2) is 54.1 Å². The Morgan fingerprint density at radius 2 is 1.93 bits per heavy atom. The van der Waals surface area contributed by atoms with E-state index in [0.717, 1.165) is 59.7 Å². The molecule has 7 nitrogen and oxygen atoms in total. The van der Waals surface area contributed by atoms with Crippen molar-refractivity contribution in [3.63, 3.8) is 0 Å². The minimum Gasteiger partial charge on any atom is -0.356 e. The monoisotopic (exact) mass is 417 g/mol. The van der Waals surface area contributed by atoms with Crippen molar-refractivity contribution in [2.24, 2.45) is 7.05 Å². The number of thioether (sulfide) groups is 1. The molecule has 1 aliphatic heterocycles. The first-order chi connectivity index (χ1) is 14.7. The smallest absolute Gasteiger partial charge is 0.139 e. The van der Waals surface area contributed by atoms with Gasteiger partial charge in [0.05, 0.1) is 17.4 Å². The maximum atomic E-state index is 4.84. The van der Waals surface area contributed by atoms with Crippen molar-refractivity contribution in [3.05, 3.63) is 55.0 Å². The highest BCUT2D eigenvalue weighted by Crippen LogP contribution is 2.32. The van der Waals surface area contributed by atoms with Gasteiger partial charge in [0.25, 0.3) is 0 Å². The van der Waals surface area contributed by atoms with Crippen molar-refractivity contribution in [1.82, 2.24) is 29.7 Å². The van der Waals surface area contributed by atoms with Crippen LogP contribution in [0.25, 0.3) is 22.2 Å². The van der Waals surface area contributed by atoms with Gasteiger partial charge < -0.3 is 4.90 Å². The van der Waals surface area contributed by atoms with Gasteiger partial charge in [-0.3, -0.25) is 4.68 Å². The summed E-state index contributed by atoms with van der Waals surface area (Å²) >= 11 is 1.74. The molecule has 8 heteroatoms. The van der Waals surface area contributed by atoms with E-state index >= 15 is 0 Å². The Hall–Kier alpha value is -3.00. The second kappa shape index (κ2) is 8.02. The Labute approximate surface area is 179 Å². The first kappa shape index (κ1) is 19.0. The Bertz CT molecular complexity index is 1180. The van der Waals surface area contributed by atoms with Gasteiger partial charge in [-0.2, -0.15) is 5.10 Å². The van der Waals surface area contributed by atoms with Crippen molar-refractivity contribution in [1.29, 1.82) is 0 Å². The zero-order valence-electron chi connectivity index (χ0n) is 17.1. The fourth-order valence-corrected chi connectivity index (χ4v) is 4.48. The van der Waals surface area contributed by atoms with Crippen molar-refractivity contribution >= 4 is 28.5 Å². The SMILES string of the molecule is CSc1ccc2ncnc(N3CCC(c4nccc(-c5cnn(C)c5)n4)CC3)c2c1. The van der Waals surface area contributed by atoms with Gasteiger partial charge in [-0.15, -0.1) is 11.8 Å². The summed E-state index contributed by atoms with van der Waals surface area (Å²) in [6.07, 6.45) is 11.5. The van der Waals surface area contributed by atoms with Crippen LogP contribution >= 0.6 is 11.8 Å². The lowest BCUT2D eigenvalue weighted by molar-refractivity contribution is 0.484. The van der Waals surface area contributed by atoms with E-state index in [0.29, 0.717) is 5.92 Å². The van der Waals surface area contributed by atoms with Gasteiger partial charge in [-0.05, 0) is 43.4 Å². The molecule has 3 aromatic heterocycles. The minimum absolute atomic E-state index is 0.354.